The number of nitrogens with one attached hydrogen (secondary N) is 1. The van der Waals surface area contributed by atoms with E-state index in [9.17, 15) is 19.3 Å². The van der Waals surface area contributed by atoms with Crippen LogP contribution in [0, 0.1) is 15.9 Å². The zero-order valence-corrected chi connectivity index (χ0v) is 10.5. The summed E-state index contributed by atoms with van der Waals surface area (Å²) >= 11 is 0. The fourth-order valence-electron chi connectivity index (χ4n) is 1.62. The first-order valence-corrected chi connectivity index (χ1v) is 5.67. The number of nitrogen functional groups attached to an aromatic ring is 1. The average molecular weight is 295 g/mol. The number of benzene rings is 1. The van der Waals surface area contributed by atoms with Crippen molar-refractivity contribution in [1.29, 1.82) is 0 Å². The summed E-state index contributed by atoms with van der Waals surface area (Å²) in [6.45, 7) is -0.175. The maximum atomic E-state index is 13.0. The summed E-state index contributed by atoms with van der Waals surface area (Å²) < 4.78 is 23.2. The summed E-state index contributed by atoms with van der Waals surface area (Å²) in [4.78, 5) is 21.4. The number of halogens is 1. The summed E-state index contributed by atoms with van der Waals surface area (Å²) in [5.41, 5.74) is 1.73. The molecule has 0 bridgehead atoms. The van der Waals surface area contributed by atoms with Gasteiger partial charge in [0.2, 0.25) is 0 Å². The van der Waals surface area contributed by atoms with Gasteiger partial charge in [-0.3, -0.25) is 20.3 Å². The van der Waals surface area contributed by atoms with Crippen LogP contribution in [0.25, 0.3) is 0 Å². The number of nitrogens with zero attached hydrogens (tertiary/aromatic N) is 1. The topological polar surface area (TPSA) is 121 Å². The molecule has 110 valence electrons. The van der Waals surface area contributed by atoms with E-state index in [0.717, 1.165) is 18.2 Å². The highest BCUT2D eigenvalue weighted by Gasteiger charge is 2.19. The van der Waals surface area contributed by atoms with E-state index in [2.05, 4.69) is 0 Å². The van der Waals surface area contributed by atoms with Gasteiger partial charge in [-0.25, -0.2) is 10.2 Å². The van der Waals surface area contributed by atoms with Gasteiger partial charge in [-0.1, -0.05) is 0 Å². The Bertz CT molecular complexity index is 685. The molecule has 1 amide bonds. The van der Waals surface area contributed by atoms with Gasteiger partial charge in [0, 0.05) is 5.56 Å². The fraction of sp³-hybridized carbons (Fsp3) is 0.0833. The van der Waals surface area contributed by atoms with E-state index in [0.29, 0.717) is 5.56 Å². The maximum absolute atomic E-state index is 13.0. The zero-order valence-electron chi connectivity index (χ0n) is 10.5. The maximum Gasteiger partial charge on any atom is 0.313 e. The smallest absolute Gasteiger partial charge is 0.313 e. The van der Waals surface area contributed by atoms with Gasteiger partial charge >= 0.3 is 11.6 Å². The summed E-state index contributed by atoms with van der Waals surface area (Å²) in [7, 11) is 0. The number of carbonyl (C=O) groups excluding carboxylic acids is 1. The van der Waals surface area contributed by atoms with E-state index in [1.807, 2.05) is 5.43 Å². The van der Waals surface area contributed by atoms with Gasteiger partial charge in [0.05, 0.1) is 17.3 Å². The molecule has 0 aliphatic rings. The van der Waals surface area contributed by atoms with E-state index in [1.54, 1.807) is 0 Å². The average Bonchev–Trinajstić information content (AvgIpc) is 2.93. The molecule has 1 aromatic heterocycles. The van der Waals surface area contributed by atoms with E-state index in [-0.39, 0.29) is 18.1 Å². The molecule has 0 spiro atoms. The number of nitro benzene ring substituents is 1. The highest BCUT2D eigenvalue weighted by atomic mass is 19.1. The molecule has 0 aliphatic carbocycles. The largest absolute Gasteiger partial charge is 0.482 e. The molecule has 3 N–H and O–H groups in total. The second-order valence-corrected chi connectivity index (χ2v) is 3.91. The Balaban J connectivity index is 2.19. The molecule has 0 fully saturated rings. The van der Waals surface area contributed by atoms with Crippen molar-refractivity contribution in [2.75, 3.05) is 0 Å². The van der Waals surface area contributed by atoms with Crippen LogP contribution in [0.2, 0.25) is 0 Å². The number of amides is 1. The van der Waals surface area contributed by atoms with Crippen molar-refractivity contribution >= 4 is 11.6 Å². The first-order chi connectivity index (χ1) is 10.0. The van der Waals surface area contributed by atoms with Crippen LogP contribution in [0.15, 0.2) is 34.9 Å². The normalized spacial score (nSPS) is 10.2. The number of nitro groups is 1. The van der Waals surface area contributed by atoms with E-state index >= 15 is 0 Å². The number of rotatable bonds is 5. The SMILES string of the molecule is NNC(=O)c1occc1COc1ccc(F)cc1[N+](=O)[O-]. The Labute approximate surface area is 117 Å². The van der Waals surface area contributed by atoms with Gasteiger partial charge in [-0.2, -0.15) is 0 Å². The van der Waals surface area contributed by atoms with Crippen molar-refractivity contribution in [3.63, 3.8) is 0 Å². The number of hydrogen-bond acceptors (Lipinski definition) is 6. The molecule has 8 nitrogen and oxygen atoms in total. The summed E-state index contributed by atoms with van der Waals surface area (Å²) in [6.07, 6.45) is 1.25. The fourth-order valence-corrected chi connectivity index (χ4v) is 1.62. The minimum atomic E-state index is -0.763. The molecule has 9 heteroatoms. The number of nitrogens with two attached hydrogens (primary N) is 1. The summed E-state index contributed by atoms with van der Waals surface area (Å²) in [6, 6.07) is 4.37. The zero-order chi connectivity index (χ0) is 15.4. The van der Waals surface area contributed by atoms with Crippen molar-refractivity contribution in [2.24, 2.45) is 5.84 Å². The van der Waals surface area contributed by atoms with E-state index in [1.165, 1.54) is 12.3 Å². The minimum Gasteiger partial charge on any atom is -0.482 e. The third-order valence-corrected chi connectivity index (χ3v) is 2.58. The number of ether oxygens (including phenoxy) is 1. The molecule has 0 saturated carbocycles. The molecule has 1 aromatic carbocycles. The van der Waals surface area contributed by atoms with Crippen molar-refractivity contribution in [3.8, 4) is 5.75 Å². The van der Waals surface area contributed by atoms with Gasteiger partial charge in [0.25, 0.3) is 0 Å². The highest BCUT2D eigenvalue weighted by Crippen LogP contribution is 2.28. The molecule has 1 heterocycles. The molecule has 2 aromatic rings. The van der Waals surface area contributed by atoms with Crippen LogP contribution in [0.5, 0.6) is 5.75 Å². The Hall–Kier alpha value is -2.94. The minimum absolute atomic E-state index is 0.0673. The molecule has 0 atom stereocenters. The Morgan fingerprint density at radius 3 is 2.90 bits per heavy atom. The van der Waals surface area contributed by atoms with Crippen LogP contribution in [0.1, 0.15) is 16.1 Å². The first-order valence-electron chi connectivity index (χ1n) is 5.67. The number of carbonyl (C=O) groups is 1. The number of furan rings is 1. The molecule has 0 unspecified atom stereocenters. The lowest BCUT2D eigenvalue weighted by Gasteiger charge is -2.06. The second kappa shape index (κ2) is 6.01. The summed E-state index contributed by atoms with van der Waals surface area (Å²) in [5.74, 6) is 3.39. The van der Waals surface area contributed by atoms with Crippen molar-refractivity contribution in [3.05, 3.63) is 57.8 Å². The molecular formula is C12H10FN3O5. The Morgan fingerprint density at radius 1 is 1.48 bits per heavy atom. The predicted octanol–water partition coefficient (Wildman–Crippen LogP) is 1.51. The second-order valence-electron chi connectivity index (χ2n) is 3.91. The van der Waals surface area contributed by atoms with Crippen LogP contribution < -0.4 is 16.0 Å². The van der Waals surface area contributed by atoms with Gasteiger partial charge in [-0.15, -0.1) is 0 Å². The van der Waals surface area contributed by atoms with Gasteiger partial charge in [0.1, 0.15) is 12.4 Å². The van der Waals surface area contributed by atoms with Gasteiger partial charge < -0.3 is 9.15 Å². The van der Waals surface area contributed by atoms with Gasteiger partial charge in [-0.05, 0) is 18.2 Å². The lowest BCUT2D eigenvalue weighted by atomic mass is 10.2. The molecular weight excluding hydrogens is 285 g/mol. The number of hydrogen-bond donors (Lipinski definition) is 2. The first kappa shape index (κ1) is 14.5. The highest BCUT2D eigenvalue weighted by molar-refractivity contribution is 5.92. The van der Waals surface area contributed by atoms with Crippen LogP contribution in [0.3, 0.4) is 0 Å². The van der Waals surface area contributed by atoms with Gasteiger partial charge in [0.15, 0.2) is 11.5 Å². The van der Waals surface area contributed by atoms with E-state index in [4.69, 9.17) is 15.0 Å². The lowest BCUT2D eigenvalue weighted by molar-refractivity contribution is -0.386. The van der Waals surface area contributed by atoms with Crippen LogP contribution in [0.4, 0.5) is 10.1 Å². The van der Waals surface area contributed by atoms with Crippen LogP contribution in [-0.4, -0.2) is 10.8 Å². The molecule has 2 rings (SSSR count). The van der Waals surface area contributed by atoms with Crippen LogP contribution in [-0.2, 0) is 6.61 Å². The van der Waals surface area contributed by atoms with E-state index < -0.39 is 22.3 Å². The van der Waals surface area contributed by atoms with Crippen molar-refractivity contribution in [2.45, 2.75) is 6.61 Å². The molecule has 0 aliphatic heterocycles. The quantitative estimate of drug-likeness (QED) is 0.373. The summed E-state index contributed by atoms with van der Waals surface area (Å²) in [5, 5.41) is 10.8. The third kappa shape index (κ3) is 3.15. The molecule has 21 heavy (non-hydrogen) atoms. The molecule has 0 saturated heterocycles. The Kier molecular flexibility index (Phi) is 4.14. The van der Waals surface area contributed by atoms with Crippen molar-refractivity contribution < 1.29 is 23.3 Å². The third-order valence-electron chi connectivity index (χ3n) is 2.58. The molecule has 0 radical (unpaired) electrons. The number of hydrazine groups is 1. The monoisotopic (exact) mass is 295 g/mol. The van der Waals surface area contributed by atoms with Crippen LogP contribution >= 0.6 is 0 Å². The lowest BCUT2D eigenvalue weighted by Crippen LogP contribution is -2.30. The Morgan fingerprint density at radius 2 is 2.24 bits per heavy atom. The predicted molar refractivity (Wildman–Crippen MR) is 67.7 cm³/mol. The van der Waals surface area contributed by atoms with Crippen molar-refractivity contribution in [1.82, 2.24) is 5.43 Å². The standard InChI is InChI=1S/C12H10FN3O5/c13-8-1-2-10(9(5-8)16(18)19)21-6-7-3-4-20-11(7)12(17)15-14/h1-5H,6,14H2,(H,15,17).